The third-order valence-electron chi connectivity index (χ3n) is 5.09. The third-order valence-corrected chi connectivity index (χ3v) is 5.09. The van der Waals surface area contributed by atoms with E-state index in [1.165, 1.54) is 24.2 Å². The highest BCUT2D eigenvalue weighted by molar-refractivity contribution is 5.87. The average Bonchev–Trinajstić information content (AvgIpc) is 2.36. The highest BCUT2D eigenvalue weighted by atomic mass is 16.4. The van der Waals surface area contributed by atoms with Crippen molar-refractivity contribution in [3.8, 4) is 0 Å². The van der Waals surface area contributed by atoms with Crippen LogP contribution < -0.4 is 0 Å². The first-order valence-corrected chi connectivity index (χ1v) is 7.56. The molecule has 0 spiro atoms. The summed E-state index contributed by atoms with van der Waals surface area (Å²) in [5.41, 5.74) is -0.936. The van der Waals surface area contributed by atoms with Gasteiger partial charge in [-0.1, -0.05) is 38.5 Å². The maximum absolute atomic E-state index is 12.3. The first-order chi connectivity index (χ1) is 9.06. The minimum Gasteiger partial charge on any atom is -0.479 e. The molecule has 4 nitrogen and oxygen atoms in total. The topological polar surface area (TPSA) is 57.6 Å². The Morgan fingerprint density at radius 2 is 1.79 bits per heavy atom. The van der Waals surface area contributed by atoms with Crippen molar-refractivity contribution in [2.24, 2.45) is 5.92 Å². The standard InChI is InChI=1S/C15H25NO3/c1-16(13(17)9-8-12-6-5-7-12)15(14(18)19)10-3-2-4-11-15/h12H,2-11H2,1H3,(H,18,19). The summed E-state index contributed by atoms with van der Waals surface area (Å²) in [6, 6.07) is 0. The fourth-order valence-electron chi connectivity index (χ4n) is 3.34. The van der Waals surface area contributed by atoms with Gasteiger partial charge in [-0.2, -0.15) is 0 Å². The van der Waals surface area contributed by atoms with Crippen LogP contribution in [-0.2, 0) is 9.59 Å². The second-order valence-electron chi connectivity index (χ2n) is 6.19. The van der Waals surface area contributed by atoms with Gasteiger partial charge < -0.3 is 10.0 Å². The van der Waals surface area contributed by atoms with Gasteiger partial charge in [0, 0.05) is 13.5 Å². The van der Waals surface area contributed by atoms with E-state index in [9.17, 15) is 14.7 Å². The van der Waals surface area contributed by atoms with Gasteiger partial charge in [-0.3, -0.25) is 4.79 Å². The molecule has 108 valence electrons. The van der Waals surface area contributed by atoms with Crippen molar-refractivity contribution in [3.05, 3.63) is 0 Å². The summed E-state index contributed by atoms with van der Waals surface area (Å²) in [7, 11) is 1.68. The van der Waals surface area contributed by atoms with Crippen molar-refractivity contribution in [2.45, 2.75) is 69.7 Å². The molecule has 2 rings (SSSR count). The average molecular weight is 267 g/mol. The first-order valence-electron chi connectivity index (χ1n) is 7.56. The third kappa shape index (κ3) is 2.93. The summed E-state index contributed by atoms with van der Waals surface area (Å²) in [6.07, 6.45) is 9.31. The van der Waals surface area contributed by atoms with Crippen LogP contribution in [0.25, 0.3) is 0 Å². The maximum atomic E-state index is 12.3. The van der Waals surface area contributed by atoms with Crippen molar-refractivity contribution in [2.75, 3.05) is 7.05 Å². The van der Waals surface area contributed by atoms with Gasteiger partial charge in [-0.05, 0) is 25.2 Å². The van der Waals surface area contributed by atoms with Crippen LogP contribution in [0, 0.1) is 5.92 Å². The predicted octanol–water partition coefficient (Wildman–Crippen LogP) is 2.81. The molecule has 0 bridgehead atoms. The minimum atomic E-state index is -0.936. The zero-order valence-corrected chi connectivity index (χ0v) is 11.9. The summed E-state index contributed by atoms with van der Waals surface area (Å²) in [5.74, 6) is -0.118. The molecule has 19 heavy (non-hydrogen) atoms. The molecule has 0 heterocycles. The van der Waals surface area contributed by atoms with E-state index in [0.29, 0.717) is 25.2 Å². The monoisotopic (exact) mass is 267 g/mol. The van der Waals surface area contributed by atoms with E-state index in [0.717, 1.165) is 25.7 Å². The van der Waals surface area contributed by atoms with Gasteiger partial charge in [0.25, 0.3) is 0 Å². The van der Waals surface area contributed by atoms with Gasteiger partial charge >= 0.3 is 5.97 Å². The number of carbonyl (C=O) groups is 2. The normalized spacial score (nSPS) is 22.6. The van der Waals surface area contributed by atoms with E-state index < -0.39 is 11.5 Å². The SMILES string of the molecule is CN(C(=O)CCC1CCC1)C1(C(=O)O)CCCCC1. The van der Waals surface area contributed by atoms with Crippen LogP contribution in [0.15, 0.2) is 0 Å². The van der Waals surface area contributed by atoms with Crippen LogP contribution >= 0.6 is 0 Å². The highest BCUT2D eigenvalue weighted by Gasteiger charge is 2.45. The van der Waals surface area contributed by atoms with Crippen LogP contribution in [0.1, 0.15) is 64.2 Å². The van der Waals surface area contributed by atoms with Crippen molar-refractivity contribution < 1.29 is 14.7 Å². The lowest BCUT2D eigenvalue weighted by atomic mass is 9.79. The van der Waals surface area contributed by atoms with E-state index in [1.807, 2.05) is 0 Å². The molecule has 2 aliphatic rings. The van der Waals surface area contributed by atoms with E-state index >= 15 is 0 Å². The minimum absolute atomic E-state index is 0.0104. The summed E-state index contributed by atoms with van der Waals surface area (Å²) >= 11 is 0. The Hall–Kier alpha value is -1.06. The van der Waals surface area contributed by atoms with Crippen LogP contribution in [0.5, 0.6) is 0 Å². The molecule has 0 aromatic rings. The van der Waals surface area contributed by atoms with E-state index in [-0.39, 0.29) is 5.91 Å². The molecular weight excluding hydrogens is 242 g/mol. The maximum Gasteiger partial charge on any atom is 0.329 e. The molecule has 2 aliphatic carbocycles. The van der Waals surface area contributed by atoms with E-state index in [2.05, 4.69) is 0 Å². The molecule has 2 saturated carbocycles. The van der Waals surface area contributed by atoms with Gasteiger partial charge in [-0.15, -0.1) is 0 Å². The van der Waals surface area contributed by atoms with Crippen LogP contribution in [-0.4, -0.2) is 34.5 Å². The Balaban J connectivity index is 1.95. The van der Waals surface area contributed by atoms with Gasteiger partial charge in [-0.25, -0.2) is 4.79 Å². The Labute approximate surface area is 115 Å². The quantitative estimate of drug-likeness (QED) is 0.833. The van der Waals surface area contributed by atoms with Gasteiger partial charge in [0.15, 0.2) is 0 Å². The molecule has 0 saturated heterocycles. The molecule has 0 radical (unpaired) electrons. The second kappa shape index (κ2) is 5.93. The number of carboxylic acids is 1. The van der Waals surface area contributed by atoms with E-state index in [4.69, 9.17) is 0 Å². The second-order valence-corrected chi connectivity index (χ2v) is 6.19. The summed E-state index contributed by atoms with van der Waals surface area (Å²) in [4.78, 5) is 25.4. The van der Waals surface area contributed by atoms with Crippen molar-refractivity contribution in [3.63, 3.8) is 0 Å². The number of nitrogens with zero attached hydrogens (tertiary/aromatic N) is 1. The fourth-order valence-corrected chi connectivity index (χ4v) is 3.34. The zero-order chi connectivity index (χ0) is 13.9. The zero-order valence-electron chi connectivity index (χ0n) is 11.9. The number of rotatable bonds is 5. The molecular formula is C15H25NO3. The Bertz CT molecular complexity index is 343. The van der Waals surface area contributed by atoms with Crippen LogP contribution in [0.2, 0.25) is 0 Å². The van der Waals surface area contributed by atoms with Crippen molar-refractivity contribution in [1.29, 1.82) is 0 Å². The summed E-state index contributed by atoms with van der Waals surface area (Å²) < 4.78 is 0. The lowest BCUT2D eigenvalue weighted by Crippen LogP contribution is -2.56. The van der Waals surface area contributed by atoms with Crippen molar-refractivity contribution >= 4 is 11.9 Å². The number of amides is 1. The number of hydrogen-bond acceptors (Lipinski definition) is 2. The molecule has 1 N–H and O–H groups in total. The summed E-state index contributed by atoms with van der Waals surface area (Å²) in [6.45, 7) is 0. The smallest absolute Gasteiger partial charge is 0.329 e. The van der Waals surface area contributed by atoms with Gasteiger partial charge in [0.1, 0.15) is 5.54 Å². The van der Waals surface area contributed by atoms with Crippen LogP contribution in [0.4, 0.5) is 0 Å². The number of hydrogen-bond donors (Lipinski definition) is 1. The molecule has 0 aromatic carbocycles. The van der Waals surface area contributed by atoms with E-state index in [1.54, 1.807) is 7.05 Å². The number of aliphatic carboxylic acids is 1. The predicted molar refractivity (Wildman–Crippen MR) is 72.8 cm³/mol. The highest BCUT2D eigenvalue weighted by Crippen LogP contribution is 2.35. The largest absolute Gasteiger partial charge is 0.479 e. The fraction of sp³-hybridized carbons (Fsp3) is 0.867. The van der Waals surface area contributed by atoms with Crippen molar-refractivity contribution in [1.82, 2.24) is 4.90 Å². The molecule has 0 unspecified atom stereocenters. The molecule has 0 aliphatic heterocycles. The Kier molecular flexibility index (Phi) is 4.48. The van der Waals surface area contributed by atoms with Crippen LogP contribution in [0.3, 0.4) is 0 Å². The Morgan fingerprint density at radius 1 is 1.16 bits per heavy atom. The molecule has 2 fully saturated rings. The number of likely N-dealkylation sites (N-methyl/N-ethyl adjacent to an activating group) is 1. The summed E-state index contributed by atoms with van der Waals surface area (Å²) in [5, 5.41) is 9.55. The lowest BCUT2D eigenvalue weighted by Gasteiger charge is -2.41. The first kappa shape index (κ1) is 14.4. The van der Waals surface area contributed by atoms with Gasteiger partial charge in [0.05, 0.1) is 0 Å². The Morgan fingerprint density at radius 3 is 2.26 bits per heavy atom. The lowest BCUT2D eigenvalue weighted by molar-refractivity contribution is -0.160. The number of carbonyl (C=O) groups excluding carboxylic acids is 1. The molecule has 1 amide bonds. The molecule has 0 atom stereocenters. The number of carboxylic acid groups (broad SMARTS) is 1. The molecule has 4 heteroatoms. The van der Waals surface area contributed by atoms with Gasteiger partial charge in [0.2, 0.25) is 5.91 Å². The molecule has 0 aromatic heterocycles.